The maximum Gasteiger partial charge on any atom is 0.222 e. The summed E-state index contributed by atoms with van der Waals surface area (Å²) in [5, 5.41) is 114. The van der Waals surface area contributed by atoms with Gasteiger partial charge in [0.05, 0.1) is 59.5 Å². The van der Waals surface area contributed by atoms with Gasteiger partial charge < -0.3 is 131 Å². The molecule has 0 aromatic carbocycles. The highest BCUT2D eigenvalue weighted by Gasteiger charge is 2.48. The van der Waals surface area contributed by atoms with Gasteiger partial charge in [-0.1, -0.05) is 78.6 Å². The van der Waals surface area contributed by atoms with E-state index in [1.165, 1.54) is 20.8 Å². The fourth-order valence-corrected chi connectivity index (χ4v) is 11.9. The highest BCUT2D eigenvalue weighted by atomic mass is 16.7. The van der Waals surface area contributed by atoms with Crippen molar-refractivity contribution in [2.45, 2.75) is 287 Å². The highest BCUT2D eigenvalue weighted by Crippen LogP contribution is 2.27. The SMILES string of the molecule is CC(=O)N[C@H]1[C@H](OCCCCCCNC(=O)CCOCC(COCCC(=O)NCCCCCCO[C@@H]2O[C@H](CO)[C@H](O)[C@H](O)[C@H]2NC(C)=O)(COCCC(=O)NCCCCCCO[C@@H]2O[C@H](CO)[C@H](O)[C@H](O)[C@H]2NC(C)=O)NC(=O)CCCC(=O)NCCCCCCC(C)(C)C)O[C@H](CO)[C@H](O)[C@@H]1O. The standard InChI is InChI=1S/C70H128N8O26/c1-46(82)75-57-63(93)60(90)49(40-79)102-66(57)99-34-20-12-9-17-31-72-53(86)26-37-96-43-70(78-56(89)25-23-24-52(85)71-30-16-8-7-15-29-69(4,5)6,44-97-38-27-54(87)73-32-18-10-13-21-35-100-67-58(76-47(2)83)64(94)61(91)50(41-80)103-67)45-98-39-28-55(88)74-33-19-11-14-22-36-101-68-59(77-48(3)84)65(95)62(92)51(42-81)104-68/h49-51,57-68,79-81,90-95H,7-45H2,1-6H3,(H,71,85)(H,72,86)(H,73,87)(H,74,88)(H,75,82)(H,76,83)(H,77,84)(H,78,89)/t49-,50-,51-,57-,58-,59-,60+,61+,62+,63-,64-,65-,66-,67-,68-/m1/s1. The Morgan fingerprint density at radius 2 is 0.625 bits per heavy atom. The van der Waals surface area contributed by atoms with Gasteiger partial charge in [0.25, 0.3) is 0 Å². The Bertz CT molecular complexity index is 2230. The summed E-state index contributed by atoms with van der Waals surface area (Å²) in [4.78, 5) is 101. The molecule has 3 aliphatic heterocycles. The zero-order chi connectivity index (χ0) is 76.9. The van der Waals surface area contributed by atoms with E-state index in [0.29, 0.717) is 103 Å². The summed E-state index contributed by atoms with van der Waals surface area (Å²) in [6.07, 6.45) is -2.25. The number of carbonyl (C=O) groups excluding carboxylic acids is 8. The molecule has 17 N–H and O–H groups in total. The van der Waals surface area contributed by atoms with Crippen LogP contribution in [0.4, 0.5) is 0 Å². The number of aliphatic hydroxyl groups excluding tert-OH is 9. The summed E-state index contributed by atoms with van der Waals surface area (Å²) >= 11 is 0. The van der Waals surface area contributed by atoms with E-state index in [1.54, 1.807) is 0 Å². The van der Waals surface area contributed by atoms with E-state index in [1.807, 2.05) is 0 Å². The largest absolute Gasteiger partial charge is 0.394 e. The van der Waals surface area contributed by atoms with Crippen molar-refractivity contribution >= 4 is 47.3 Å². The Kier molecular flexibility index (Phi) is 47.5. The molecule has 0 saturated carbocycles. The van der Waals surface area contributed by atoms with Gasteiger partial charge in [-0.2, -0.15) is 0 Å². The van der Waals surface area contributed by atoms with Gasteiger partial charge in [0.1, 0.15) is 78.6 Å². The third-order valence-electron chi connectivity index (χ3n) is 17.7. The van der Waals surface area contributed by atoms with Crippen LogP contribution in [-0.2, 0) is 81.0 Å². The topological polar surface area (TPSA) is 498 Å². The average Bonchev–Trinajstić information content (AvgIpc) is 0.814. The molecular formula is C70H128N8O26. The number of nitrogens with one attached hydrogen (secondary N) is 8. The number of unbranched alkanes of at least 4 members (excludes halogenated alkanes) is 12. The summed E-state index contributed by atoms with van der Waals surface area (Å²) in [6.45, 7) is 9.87. The van der Waals surface area contributed by atoms with Crippen LogP contribution in [-0.4, -0.2) is 296 Å². The Balaban J connectivity index is 1.60. The van der Waals surface area contributed by atoms with Crippen LogP contribution >= 0.6 is 0 Å². The Hall–Kier alpha value is -4.96. The zero-order valence-corrected chi connectivity index (χ0v) is 62.2. The minimum Gasteiger partial charge on any atom is -0.394 e. The number of carbonyl (C=O) groups is 8. The van der Waals surface area contributed by atoms with Gasteiger partial charge in [-0.15, -0.1) is 0 Å². The Morgan fingerprint density at radius 3 is 0.913 bits per heavy atom. The predicted molar refractivity (Wildman–Crippen MR) is 375 cm³/mol. The number of hydrogen-bond acceptors (Lipinski definition) is 26. The first-order chi connectivity index (χ1) is 49.6. The van der Waals surface area contributed by atoms with Crippen LogP contribution < -0.4 is 42.5 Å². The van der Waals surface area contributed by atoms with Gasteiger partial charge in [-0.05, 0) is 63.2 Å². The number of rotatable bonds is 56. The fourth-order valence-electron chi connectivity index (χ4n) is 11.9. The predicted octanol–water partition coefficient (Wildman–Crippen LogP) is -1.74. The second kappa shape index (κ2) is 53.0. The van der Waals surface area contributed by atoms with E-state index in [0.717, 1.165) is 32.1 Å². The lowest BCUT2D eigenvalue weighted by atomic mass is 9.89. The summed E-state index contributed by atoms with van der Waals surface area (Å²) in [5.41, 5.74) is -1.16. The molecule has 0 unspecified atom stereocenters. The summed E-state index contributed by atoms with van der Waals surface area (Å²) in [5.74, 6) is -2.95. The number of hydrogen-bond donors (Lipinski definition) is 17. The molecule has 0 spiro atoms. The number of amides is 8. The molecule has 34 nitrogen and oxygen atoms in total. The van der Waals surface area contributed by atoms with Gasteiger partial charge >= 0.3 is 0 Å². The molecule has 3 heterocycles. The van der Waals surface area contributed by atoms with E-state index >= 15 is 0 Å². The summed E-state index contributed by atoms with van der Waals surface area (Å²) in [6, 6.07) is -3.16. The van der Waals surface area contributed by atoms with Crippen LogP contribution in [0, 0.1) is 5.41 Å². The lowest BCUT2D eigenvalue weighted by Gasteiger charge is -2.42. The number of aliphatic hydroxyl groups is 9. The second-order valence-corrected chi connectivity index (χ2v) is 28.4. The lowest BCUT2D eigenvalue weighted by molar-refractivity contribution is -0.270. The molecule has 8 amide bonds. The molecule has 15 atom stereocenters. The molecule has 0 bridgehead atoms. The van der Waals surface area contributed by atoms with Gasteiger partial charge in [0.15, 0.2) is 18.9 Å². The molecule has 3 rings (SSSR count). The van der Waals surface area contributed by atoms with Crippen LogP contribution in [0.15, 0.2) is 0 Å². The van der Waals surface area contributed by atoms with Gasteiger partial charge in [-0.25, -0.2) is 0 Å². The Labute approximate surface area is 612 Å². The van der Waals surface area contributed by atoms with Crippen molar-refractivity contribution in [3.05, 3.63) is 0 Å². The Morgan fingerprint density at radius 1 is 0.346 bits per heavy atom. The molecule has 3 saturated heterocycles. The van der Waals surface area contributed by atoms with Crippen molar-refractivity contribution < 1.29 is 127 Å². The molecule has 0 aromatic heterocycles. The molecule has 0 aromatic rings. The first kappa shape index (κ1) is 93.2. The minimum absolute atomic E-state index is 0.0567. The van der Waals surface area contributed by atoms with E-state index < -0.39 is 141 Å². The van der Waals surface area contributed by atoms with Crippen molar-refractivity contribution in [1.29, 1.82) is 0 Å². The molecule has 34 heteroatoms. The van der Waals surface area contributed by atoms with E-state index in [9.17, 15) is 84.3 Å². The first-order valence-electron chi connectivity index (χ1n) is 37.3. The lowest BCUT2D eigenvalue weighted by Crippen LogP contribution is -2.64. The van der Waals surface area contributed by atoms with Gasteiger partial charge in [0, 0.05) is 98.9 Å². The molecule has 3 fully saturated rings. The molecule has 0 aliphatic carbocycles. The zero-order valence-electron chi connectivity index (χ0n) is 62.2. The van der Waals surface area contributed by atoms with Crippen molar-refractivity contribution in [2.75, 3.05) is 105 Å². The second-order valence-electron chi connectivity index (χ2n) is 28.4. The average molecular weight is 1500 g/mol. The van der Waals surface area contributed by atoms with Crippen molar-refractivity contribution in [3.63, 3.8) is 0 Å². The quantitative estimate of drug-likeness (QED) is 0.0300. The van der Waals surface area contributed by atoms with Crippen LogP contribution in [0.2, 0.25) is 0 Å². The molecular weight excluding hydrogens is 1370 g/mol. The monoisotopic (exact) mass is 1500 g/mol. The molecule has 104 heavy (non-hydrogen) atoms. The molecule has 3 aliphatic rings. The van der Waals surface area contributed by atoms with Crippen LogP contribution in [0.1, 0.15) is 189 Å². The maximum absolute atomic E-state index is 13.9. The van der Waals surface area contributed by atoms with Gasteiger partial charge in [0.2, 0.25) is 47.3 Å². The third kappa shape index (κ3) is 38.7. The highest BCUT2D eigenvalue weighted by molar-refractivity contribution is 5.80. The summed E-state index contributed by atoms with van der Waals surface area (Å²) in [7, 11) is 0. The van der Waals surface area contributed by atoms with Gasteiger partial charge in [-0.3, -0.25) is 38.4 Å². The molecule has 0 radical (unpaired) electrons. The van der Waals surface area contributed by atoms with Crippen molar-refractivity contribution in [1.82, 2.24) is 42.5 Å². The first-order valence-corrected chi connectivity index (χ1v) is 37.3. The van der Waals surface area contributed by atoms with Crippen molar-refractivity contribution in [3.8, 4) is 0 Å². The fraction of sp³-hybridized carbons (Fsp3) is 0.886. The van der Waals surface area contributed by atoms with E-state index in [4.69, 9.17) is 42.6 Å². The molecule has 604 valence electrons. The maximum atomic E-state index is 13.9. The van der Waals surface area contributed by atoms with Crippen LogP contribution in [0.3, 0.4) is 0 Å². The normalized spacial score (nSPS) is 25.0. The van der Waals surface area contributed by atoms with Crippen LogP contribution in [0.25, 0.3) is 0 Å². The smallest absolute Gasteiger partial charge is 0.222 e. The minimum atomic E-state index is -1.43. The number of ether oxygens (including phenoxy) is 9. The van der Waals surface area contributed by atoms with E-state index in [2.05, 4.69) is 63.3 Å². The summed E-state index contributed by atoms with van der Waals surface area (Å²) < 4.78 is 52.6. The third-order valence-corrected chi connectivity index (χ3v) is 17.7. The van der Waals surface area contributed by atoms with Crippen molar-refractivity contribution in [2.24, 2.45) is 5.41 Å². The van der Waals surface area contributed by atoms with Crippen LogP contribution in [0.5, 0.6) is 0 Å². The van der Waals surface area contributed by atoms with E-state index in [-0.39, 0.29) is 127 Å².